The van der Waals surface area contributed by atoms with Crippen LogP contribution in [0, 0.1) is 6.92 Å². The predicted molar refractivity (Wildman–Crippen MR) is 96.0 cm³/mol. The summed E-state index contributed by atoms with van der Waals surface area (Å²) >= 11 is 15.0. The highest BCUT2D eigenvalue weighted by Gasteiger charge is 2.19. The molecule has 1 N–H and O–H groups in total. The zero-order valence-corrected chi connectivity index (χ0v) is 16.1. The maximum Gasteiger partial charge on any atom is 0.0961 e. The quantitative estimate of drug-likeness (QED) is 0.577. The van der Waals surface area contributed by atoms with E-state index in [9.17, 15) is 0 Å². The Morgan fingerprint density at radius 2 is 2.05 bits per heavy atom. The predicted octanol–water partition coefficient (Wildman–Crippen LogP) is 6.32. The summed E-state index contributed by atoms with van der Waals surface area (Å²) in [6, 6.07) is 8.65. The molecule has 0 saturated carbocycles. The molecule has 1 nitrogen and oxygen atoms in total. The third-order valence-electron chi connectivity index (χ3n) is 3.03. The van der Waals surface area contributed by atoms with E-state index in [4.69, 9.17) is 11.6 Å². The van der Waals surface area contributed by atoms with E-state index in [-0.39, 0.29) is 6.04 Å². The standard InChI is InChI=1S/C15H16Br2ClNS/c1-3-6-19-14(13-7-9(2)15(18)20-13)11-5-4-10(16)8-12(11)17/h4-5,7-8,14,19H,3,6H2,1-2H3. The van der Waals surface area contributed by atoms with Crippen LogP contribution in [-0.2, 0) is 0 Å². The van der Waals surface area contributed by atoms with Crippen LogP contribution in [0.3, 0.4) is 0 Å². The summed E-state index contributed by atoms with van der Waals surface area (Å²) in [6.45, 7) is 5.20. The summed E-state index contributed by atoms with van der Waals surface area (Å²) in [5.74, 6) is 0. The van der Waals surface area contributed by atoms with Gasteiger partial charge < -0.3 is 5.32 Å². The lowest BCUT2D eigenvalue weighted by atomic mass is 10.0. The minimum atomic E-state index is 0.175. The Kier molecular flexibility index (Phi) is 6.11. The van der Waals surface area contributed by atoms with Gasteiger partial charge in [0.2, 0.25) is 0 Å². The monoisotopic (exact) mass is 435 g/mol. The van der Waals surface area contributed by atoms with E-state index >= 15 is 0 Å². The highest BCUT2D eigenvalue weighted by Crippen LogP contribution is 2.37. The van der Waals surface area contributed by atoms with Crippen LogP contribution in [0.5, 0.6) is 0 Å². The first-order chi connectivity index (χ1) is 9.52. The molecule has 0 radical (unpaired) electrons. The molecule has 0 amide bonds. The maximum absolute atomic E-state index is 6.23. The number of nitrogens with one attached hydrogen (secondary N) is 1. The highest BCUT2D eigenvalue weighted by atomic mass is 79.9. The average Bonchev–Trinajstić information content (AvgIpc) is 2.72. The van der Waals surface area contributed by atoms with Gasteiger partial charge in [0.05, 0.1) is 10.4 Å². The second-order valence-electron chi connectivity index (χ2n) is 4.66. The van der Waals surface area contributed by atoms with Crippen molar-refractivity contribution in [2.24, 2.45) is 0 Å². The zero-order chi connectivity index (χ0) is 14.7. The van der Waals surface area contributed by atoms with Gasteiger partial charge in [0, 0.05) is 13.8 Å². The first-order valence-electron chi connectivity index (χ1n) is 6.47. The van der Waals surface area contributed by atoms with Gasteiger partial charge >= 0.3 is 0 Å². The fourth-order valence-corrected chi connectivity index (χ4v) is 4.60. The Balaban J connectivity index is 2.41. The van der Waals surface area contributed by atoms with Crippen LogP contribution in [0.1, 0.15) is 35.4 Å². The molecule has 0 saturated heterocycles. The second-order valence-corrected chi connectivity index (χ2v) is 8.11. The normalized spacial score (nSPS) is 12.7. The summed E-state index contributed by atoms with van der Waals surface area (Å²) < 4.78 is 3.04. The molecule has 1 heterocycles. The van der Waals surface area contributed by atoms with Gasteiger partial charge in [0.25, 0.3) is 0 Å². The minimum Gasteiger partial charge on any atom is -0.306 e. The molecule has 1 aromatic carbocycles. The Bertz CT molecular complexity index is 578. The van der Waals surface area contributed by atoms with Crippen LogP contribution in [0.4, 0.5) is 0 Å². The summed E-state index contributed by atoms with van der Waals surface area (Å²) in [5, 5.41) is 3.61. The number of rotatable bonds is 5. The zero-order valence-electron chi connectivity index (χ0n) is 11.3. The van der Waals surface area contributed by atoms with E-state index in [1.807, 2.05) is 0 Å². The van der Waals surface area contributed by atoms with Gasteiger partial charge in [-0.05, 0) is 49.2 Å². The van der Waals surface area contributed by atoms with Crippen LogP contribution in [0.2, 0.25) is 4.34 Å². The van der Waals surface area contributed by atoms with E-state index in [1.165, 1.54) is 10.4 Å². The Morgan fingerprint density at radius 3 is 2.60 bits per heavy atom. The molecule has 0 spiro atoms. The maximum atomic E-state index is 6.23. The van der Waals surface area contributed by atoms with Crippen LogP contribution < -0.4 is 5.32 Å². The summed E-state index contributed by atoms with van der Waals surface area (Å²) in [5.41, 5.74) is 2.38. The van der Waals surface area contributed by atoms with Crippen LogP contribution in [0.25, 0.3) is 0 Å². The first kappa shape index (κ1) is 16.5. The molecule has 20 heavy (non-hydrogen) atoms. The molecule has 108 valence electrons. The molecule has 0 fully saturated rings. The number of halogens is 3. The van der Waals surface area contributed by atoms with Gasteiger partial charge in [0.15, 0.2) is 0 Å². The van der Waals surface area contributed by atoms with Gasteiger partial charge in [-0.1, -0.05) is 56.5 Å². The largest absolute Gasteiger partial charge is 0.306 e. The Labute approximate surface area is 146 Å². The third kappa shape index (κ3) is 3.86. The van der Waals surface area contributed by atoms with Gasteiger partial charge in [0.1, 0.15) is 0 Å². The molecule has 1 aromatic heterocycles. The van der Waals surface area contributed by atoms with Gasteiger partial charge in [-0.25, -0.2) is 0 Å². The number of aryl methyl sites for hydroxylation is 1. The number of hydrogen-bond acceptors (Lipinski definition) is 2. The van der Waals surface area contributed by atoms with Crippen molar-refractivity contribution in [1.29, 1.82) is 0 Å². The molecule has 0 bridgehead atoms. The lowest BCUT2D eigenvalue weighted by Gasteiger charge is -2.19. The lowest BCUT2D eigenvalue weighted by Crippen LogP contribution is -2.22. The van der Waals surface area contributed by atoms with Crippen molar-refractivity contribution in [3.05, 3.63) is 53.6 Å². The molecule has 0 aliphatic heterocycles. The summed E-state index contributed by atoms with van der Waals surface area (Å²) in [6.07, 6.45) is 1.10. The molecule has 1 atom stereocenters. The SMILES string of the molecule is CCCNC(c1cc(C)c(Cl)s1)c1ccc(Br)cc1Br. The molecular formula is C15H16Br2ClNS. The van der Waals surface area contributed by atoms with Crippen molar-refractivity contribution >= 4 is 54.8 Å². The number of benzene rings is 1. The molecule has 2 rings (SSSR count). The number of hydrogen-bond donors (Lipinski definition) is 1. The van der Waals surface area contributed by atoms with E-state index < -0.39 is 0 Å². The summed E-state index contributed by atoms with van der Waals surface area (Å²) in [4.78, 5) is 1.25. The highest BCUT2D eigenvalue weighted by molar-refractivity contribution is 9.11. The molecule has 5 heteroatoms. The van der Waals surface area contributed by atoms with Crippen molar-refractivity contribution in [2.75, 3.05) is 6.54 Å². The fraction of sp³-hybridized carbons (Fsp3) is 0.333. The number of thiophene rings is 1. The smallest absolute Gasteiger partial charge is 0.0961 e. The van der Waals surface area contributed by atoms with Crippen molar-refractivity contribution in [1.82, 2.24) is 5.32 Å². The molecular weight excluding hydrogens is 422 g/mol. The van der Waals surface area contributed by atoms with Crippen molar-refractivity contribution < 1.29 is 0 Å². The third-order valence-corrected chi connectivity index (χ3v) is 5.83. The van der Waals surface area contributed by atoms with Crippen molar-refractivity contribution in [3.8, 4) is 0 Å². The van der Waals surface area contributed by atoms with Crippen LogP contribution >= 0.6 is 54.8 Å². The van der Waals surface area contributed by atoms with E-state index in [2.05, 4.69) is 75.3 Å². The fourth-order valence-electron chi connectivity index (χ4n) is 2.01. The topological polar surface area (TPSA) is 12.0 Å². The van der Waals surface area contributed by atoms with Gasteiger partial charge in [-0.15, -0.1) is 11.3 Å². The minimum absolute atomic E-state index is 0.175. The lowest BCUT2D eigenvalue weighted by molar-refractivity contribution is 0.604. The van der Waals surface area contributed by atoms with Crippen molar-refractivity contribution in [3.63, 3.8) is 0 Å². The molecule has 1 unspecified atom stereocenters. The van der Waals surface area contributed by atoms with E-state index in [0.717, 1.165) is 31.8 Å². The summed E-state index contributed by atoms with van der Waals surface area (Å²) in [7, 11) is 0. The van der Waals surface area contributed by atoms with Gasteiger partial charge in [-0.2, -0.15) is 0 Å². The van der Waals surface area contributed by atoms with Crippen molar-refractivity contribution in [2.45, 2.75) is 26.3 Å². The molecule has 0 aliphatic carbocycles. The average molecular weight is 438 g/mol. The van der Waals surface area contributed by atoms with Crippen LogP contribution in [-0.4, -0.2) is 6.54 Å². The molecule has 2 aromatic rings. The molecule has 0 aliphatic rings. The van der Waals surface area contributed by atoms with E-state index in [0.29, 0.717) is 0 Å². The van der Waals surface area contributed by atoms with E-state index in [1.54, 1.807) is 11.3 Å². The van der Waals surface area contributed by atoms with Gasteiger partial charge in [-0.3, -0.25) is 0 Å². The van der Waals surface area contributed by atoms with Crippen LogP contribution in [0.15, 0.2) is 33.2 Å². The first-order valence-corrected chi connectivity index (χ1v) is 9.25. The Morgan fingerprint density at radius 1 is 1.30 bits per heavy atom. The Hall–Kier alpha value is 0.130. The second kappa shape index (κ2) is 7.41.